The van der Waals surface area contributed by atoms with E-state index >= 15 is 0 Å². The van der Waals surface area contributed by atoms with Crippen LogP contribution in [0.15, 0.2) is 12.7 Å². The predicted octanol–water partition coefficient (Wildman–Crippen LogP) is -0.00150. The number of aliphatic hydroxyl groups is 2. The number of fused-ring (bicyclic) bond motifs is 1. The summed E-state index contributed by atoms with van der Waals surface area (Å²) in [7, 11) is -10.6. The highest BCUT2D eigenvalue weighted by Crippen LogP contribution is 2.60. The number of aliphatic hydroxyl groups excluding tert-OH is 2. The number of hydrogen-bond acceptors (Lipinski definition) is 13. The number of unbranched alkanes of at least 4 members (excludes halogenated alkanes) is 2. The number of imidazole rings is 1. The molecule has 6 atom stereocenters. The molecule has 1 saturated heterocycles. The molecule has 0 amide bonds. The zero-order chi connectivity index (χ0) is 25.8. The third-order valence-electron chi connectivity index (χ3n) is 4.78. The fourth-order valence-corrected chi connectivity index (χ4v) is 5.21. The molecule has 3 unspecified atom stereocenters. The molecule has 16 nitrogen and oxygen atoms in total. The number of nitrogens with zero attached hydrogens (tertiary/aromatic N) is 4. The van der Waals surface area contributed by atoms with Gasteiger partial charge in [0.15, 0.2) is 17.7 Å². The molecule has 6 N–H and O–H groups in total. The van der Waals surface area contributed by atoms with Crippen molar-refractivity contribution in [2.75, 3.05) is 12.3 Å². The second-order valence-electron chi connectivity index (χ2n) is 7.32. The molecule has 0 radical (unpaired) electrons. The molecule has 0 aliphatic carbocycles. The highest BCUT2D eigenvalue weighted by Gasteiger charge is 2.46. The van der Waals surface area contributed by atoms with E-state index in [0.29, 0.717) is 12.8 Å². The summed E-state index contributed by atoms with van der Waals surface area (Å²) in [6.45, 7) is -0.855. The lowest BCUT2D eigenvalue weighted by Gasteiger charge is -2.19. The zero-order valence-corrected chi connectivity index (χ0v) is 19.8. The van der Waals surface area contributed by atoms with Gasteiger partial charge in [0.2, 0.25) is 0 Å². The molecule has 35 heavy (non-hydrogen) atoms. The Labute approximate surface area is 198 Å². The molecule has 0 spiro atoms. The molecular weight excluding hydrogens is 512 g/mol. The summed E-state index contributed by atoms with van der Waals surface area (Å²) in [5.74, 6) is 1.28. The summed E-state index contributed by atoms with van der Waals surface area (Å²) in [4.78, 5) is 42.8. The SMILES string of the molecule is C#CCCCCC(=O)OP(=O)(O)OP(=O)(O)OC[C@H]1O[C@@H](n2cnc3c(N)ncnc32)[C@@H](O)C1O. The molecule has 1 aliphatic heterocycles. The first-order valence-electron chi connectivity index (χ1n) is 10.1. The Hall–Kier alpha value is -2.44. The van der Waals surface area contributed by atoms with Gasteiger partial charge in [-0.15, -0.1) is 12.3 Å². The van der Waals surface area contributed by atoms with Crippen molar-refractivity contribution in [2.24, 2.45) is 0 Å². The summed E-state index contributed by atoms with van der Waals surface area (Å²) < 4.78 is 43.7. The first-order chi connectivity index (χ1) is 16.4. The van der Waals surface area contributed by atoms with Crippen LogP contribution in [0.2, 0.25) is 0 Å². The van der Waals surface area contributed by atoms with E-state index < -0.39 is 52.8 Å². The van der Waals surface area contributed by atoms with E-state index in [1.807, 2.05) is 0 Å². The van der Waals surface area contributed by atoms with E-state index in [0.717, 1.165) is 6.33 Å². The molecular formula is C17H23N5O11P2. The maximum Gasteiger partial charge on any atom is 0.538 e. The Morgan fingerprint density at radius 3 is 2.66 bits per heavy atom. The molecule has 2 aromatic rings. The first-order valence-corrected chi connectivity index (χ1v) is 13.0. The van der Waals surface area contributed by atoms with Crippen LogP contribution in [0.1, 0.15) is 31.9 Å². The Morgan fingerprint density at radius 1 is 1.20 bits per heavy atom. The van der Waals surface area contributed by atoms with Crippen molar-refractivity contribution in [3.8, 4) is 12.3 Å². The molecule has 1 fully saturated rings. The van der Waals surface area contributed by atoms with Gasteiger partial charge in [0.25, 0.3) is 0 Å². The van der Waals surface area contributed by atoms with Gasteiger partial charge in [-0.1, -0.05) is 0 Å². The normalized spacial score (nSPS) is 25.6. The minimum atomic E-state index is -5.32. The molecule has 3 heterocycles. The van der Waals surface area contributed by atoms with Crippen molar-refractivity contribution >= 4 is 38.6 Å². The van der Waals surface area contributed by atoms with Crippen LogP contribution in [0.25, 0.3) is 11.2 Å². The van der Waals surface area contributed by atoms with E-state index in [1.165, 1.54) is 10.9 Å². The molecule has 2 aromatic heterocycles. The van der Waals surface area contributed by atoms with Crippen molar-refractivity contribution in [3.05, 3.63) is 12.7 Å². The minimum absolute atomic E-state index is 0.0711. The van der Waals surface area contributed by atoms with Crippen LogP contribution in [0.5, 0.6) is 0 Å². The minimum Gasteiger partial charge on any atom is -0.387 e. The van der Waals surface area contributed by atoms with E-state index in [9.17, 15) is 33.9 Å². The highest BCUT2D eigenvalue weighted by atomic mass is 31.3. The quantitative estimate of drug-likeness (QED) is 0.144. The molecule has 1 aliphatic rings. The fraction of sp³-hybridized carbons (Fsp3) is 0.529. The van der Waals surface area contributed by atoms with Gasteiger partial charge in [0, 0.05) is 12.8 Å². The van der Waals surface area contributed by atoms with Crippen LogP contribution in [0.3, 0.4) is 0 Å². The number of terminal acetylenes is 1. The van der Waals surface area contributed by atoms with Crippen LogP contribution < -0.4 is 5.73 Å². The molecule has 3 rings (SSSR count). The number of rotatable bonds is 11. The van der Waals surface area contributed by atoms with Gasteiger partial charge in [0.05, 0.1) is 12.9 Å². The van der Waals surface area contributed by atoms with E-state index in [4.69, 9.17) is 16.9 Å². The predicted molar refractivity (Wildman–Crippen MR) is 116 cm³/mol. The summed E-state index contributed by atoms with van der Waals surface area (Å²) in [5, 5.41) is 20.7. The number of carbonyl (C=O) groups excluding carboxylic acids is 1. The van der Waals surface area contributed by atoms with Crippen molar-refractivity contribution in [2.45, 2.75) is 50.2 Å². The number of anilines is 1. The number of phosphoric ester groups is 2. The number of nitrogen functional groups attached to an aromatic ring is 1. The number of nitrogens with two attached hydrogens (primary N) is 1. The number of aromatic nitrogens is 4. The van der Waals surface area contributed by atoms with Gasteiger partial charge in [-0.3, -0.25) is 18.8 Å². The summed E-state index contributed by atoms with van der Waals surface area (Å²) in [6.07, 6.45) is 2.54. The lowest BCUT2D eigenvalue weighted by molar-refractivity contribution is -0.135. The van der Waals surface area contributed by atoms with E-state index in [2.05, 4.69) is 34.2 Å². The number of phosphoric acid groups is 2. The van der Waals surface area contributed by atoms with Gasteiger partial charge in [-0.05, 0) is 12.8 Å². The Bertz CT molecular complexity index is 1200. The zero-order valence-electron chi connectivity index (χ0n) is 18.0. The monoisotopic (exact) mass is 535 g/mol. The van der Waals surface area contributed by atoms with E-state index in [1.54, 1.807) is 0 Å². The van der Waals surface area contributed by atoms with Crippen molar-refractivity contribution in [1.82, 2.24) is 19.5 Å². The molecule has 18 heteroatoms. The third-order valence-corrected chi connectivity index (χ3v) is 7.34. The lowest BCUT2D eigenvalue weighted by Crippen LogP contribution is -2.33. The van der Waals surface area contributed by atoms with Crippen LogP contribution in [-0.4, -0.2) is 70.4 Å². The average molecular weight is 535 g/mol. The first kappa shape index (κ1) is 27.2. The number of carbonyl (C=O) groups is 1. The van der Waals surface area contributed by atoms with Crippen LogP contribution in [-0.2, 0) is 32.0 Å². The Morgan fingerprint density at radius 2 is 1.94 bits per heavy atom. The van der Waals surface area contributed by atoms with Gasteiger partial charge < -0.3 is 30.1 Å². The highest BCUT2D eigenvalue weighted by molar-refractivity contribution is 7.61. The van der Waals surface area contributed by atoms with Crippen LogP contribution in [0.4, 0.5) is 5.82 Å². The summed E-state index contributed by atoms with van der Waals surface area (Å²) in [5.41, 5.74) is 6.12. The smallest absolute Gasteiger partial charge is 0.387 e. The molecule has 0 aromatic carbocycles. The molecule has 0 saturated carbocycles. The molecule has 0 bridgehead atoms. The van der Waals surface area contributed by atoms with Crippen molar-refractivity contribution in [3.63, 3.8) is 0 Å². The number of ether oxygens (including phenoxy) is 1. The maximum absolute atomic E-state index is 12.1. The second kappa shape index (κ2) is 11.1. The van der Waals surface area contributed by atoms with Gasteiger partial charge in [0.1, 0.15) is 30.2 Å². The van der Waals surface area contributed by atoms with Crippen molar-refractivity contribution < 1.29 is 52.0 Å². The van der Waals surface area contributed by atoms with Gasteiger partial charge in [-0.25, -0.2) is 24.1 Å². The summed E-state index contributed by atoms with van der Waals surface area (Å²) >= 11 is 0. The van der Waals surface area contributed by atoms with Gasteiger partial charge in [-0.2, -0.15) is 4.31 Å². The maximum atomic E-state index is 12.1. The molecule has 192 valence electrons. The topological polar surface area (TPSA) is 239 Å². The largest absolute Gasteiger partial charge is 0.538 e. The van der Waals surface area contributed by atoms with E-state index in [-0.39, 0.29) is 29.8 Å². The Kier molecular flexibility index (Phi) is 8.60. The average Bonchev–Trinajstić information content (AvgIpc) is 3.31. The second-order valence-corrected chi connectivity index (χ2v) is 10.3. The Balaban J connectivity index is 1.57. The van der Waals surface area contributed by atoms with Crippen molar-refractivity contribution in [1.29, 1.82) is 0 Å². The van der Waals surface area contributed by atoms with Crippen LogP contribution >= 0.6 is 15.6 Å². The standard InChI is InChI=1S/C17H23N5O11P2/c1-2-3-4-5-6-11(23)32-35(28,29)33-34(26,27)30-7-10-13(24)14(25)17(31-10)22-9-21-12-15(18)19-8-20-16(12)22/h1,8-10,13-14,17,24-25H,3-7H2,(H,26,27)(H,28,29)(H2,18,19,20)/t10-,13?,14+,17-/m1/s1. The van der Waals surface area contributed by atoms with Gasteiger partial charge >= 0.3 is 21.6 Å². The fourth-order valence-electron chi connectivity index (χ4n) is 3.16. The third kappa shape index (κ3) is 6.83. The summed E-state index contributed by atoms with van der Waals surface area (Å²) in [6, 6.07) is 0. The number of hydrogen-bond donors (Lipinski definition) is 5. The lowest BCUT2D eigenvalue weighted by atomic mass is 10.1. The van der Waals surface area contributed by atoms with Crippen LogP contribution in [0, 0.1) is 12.3 Å².